The number of nitrogens with one attached hydrogen (secondary N) is 1. The first-order valence-electron chi connectivity index (χ1n) is 2.52. The molecule has 0 rings (SSSR count). The number of thiocarbonyl (C=S) groups is 2. The predicted molar refractivity (Wildman–Crippen MR) is 49.5 cm³/mol. The average Bonchev–Trinajstić information content (AvgIpc) is 1.56. The van der Waals surface area contributed by atoms with E-state index in [0.717, 1.165) is 0 Å². The SMILES string of the molecule is CC(O)NC(O)=S.NC(O)=S. The Kier molecular flexibility index (Phi) is 8.78. The lowest BCUT2D eigenvalue weighted by molar-refractivity contribution is 0.174. The zero-order valence-corrected chi connectivity index (χ0v) is 7.45. The van der Waals surface area contributed by atoms with Crippen molar-refractivity contribution in [3.63, 3.8) is 0 Å². The molecule has 0 bridgehead atoms. The lowest BCUT2D eigenvalue weighted by Gasteiger charge is -2.02. The third kappa shape index (κ3) is 45.1. The van der Waals surface area contributed by atoms with Gasteiger partial charge in [0.15, 0.2) is 0 Å². The molecule has 5 nitrogen and oxygen atoms in total. The second-order valence-corrected chi connectivity index (χ2v) is 2.27. The molecule has 66 valence electrons. The van der Waals surface area contributed by atoms with E-state index in [1.165, 1.54) is 6.92 Å². The van der Waals surface area contributed by atoms with Crippen LogP contribution in [0, 0.1) is 0 Å². The highest BCUT2D eigenvalue weighted by atomic mass is 32.1. The van der Waals surface area contributed by atoms with E-state index >= 15 is 0 Å². The van der Waals surface area contributed by atoms with E-state index in [4.69, 9.17) is 15.3 Å². The first kappa shape index (κ1) is 13.0. The molecule has 0 aliphatic carbocycles. The fraction of sp³-hybridized carbons (Fsp3) is 0.500. The van der Waals surface area contributed by atoms with Gasteiger partial charge in [-0.1, -0.05) is 0 Å². The van der Waals surface area contributed by atoms with E-state index in [1.807, 2.05) is 0 Å². The van der Waals surface area contributed by atoms with Crippen molar-refractivity contribution in [2.75, 3.05) is 0 Å². The molecule has 1 unspecified atom stereocenters. The van der Waals surface area contributed by atoms with Crippen molar-refractivity contribution in [2.45, 2.75) is 13.2 Å². The molecule has 0 heterocycles. The molecule has 0 fully saturated rings. The van der Waals surface area contributed by atoms with Gasteiger partial charge in [-0.3, -0.25) is 0 Å². The van der Waals surface area contributed by atoms with Crippen molar-refractivity contribution in [1.82, 2.24) is 5.32 Å². The Morgan fingerprint density at radius 3 is 1.73 bits per heavy atom. The van der Waals surface area contributed by atoms with Crippen molar-refractivity contribution in [3.8, 4) is 0 Å². The Morgan fingerprint density at radius 1 is 1.45 bits per heavy atom. The van der Waals surface area contributed by atoms with Gasteiger partial charge < -0.3 is 26.4 Å². The molecule has 0 spiro atoms. The molecule has 0 saturated carbocycles. The minimum absolute atomic E-state index is 0.380. The minimum Gasteiger partial charge on any atom is -0.487 e. The number of nitrogens with two attached hydrogens (primary N) is 1. The minimum atomic E-state index is -0.766. The molecule has 7 heteroatoms. The van der Waals surface area contributed by atoms with Gasteiger partial charge in [0.1, 0.15) is 6.23 Å². The Morgan fingerprint density at radius 2 is 1.73 bits per heavy atom. The highest BCUT2D eigenvalue weighted by Crippen LogP contribution is 1.69. The topological polar surface area (TPSA) is 98.7 Å². The van der Waals surface area contributed by atoms with Gasteiger partial charge in [-0.25, -0.2) is 0 Å². The van der Waals surface area contributed by atoms with E-state index in [2.05, 4.69) is 35.5 Å². The normalized spacial score (nSPS) is 10.4. The van der Waals surface area contributed by atoms with Crippen LogP contribution in [-0.2, 0) is 0 Å². The van der Waals surface area contributed by atoms with Gasteiger partial charge in [-0.15, -0.1) is 0 Å². The van der Waals surface area contributed by atoms with Gasteiger partial charge in [0.25, 0.3) is 10.3 Å². The fourth-order valence-electron chi connectivity index (χ4n) is 0.179. The van der Waals surface area contributed by atoms with Gasteiger partial charge in [-0.2, -0.15) is 0 Å². The Hall–Kier alpha value is -0.660. The van der Waals surface area contributed by atoms with Crippen LogP contribution >= 0.6 is 24.4 Å². The summed E-state index contributed by atoms with van der Waals surface area (Å²) in [5.41, 5.74) is 4.40. The van der Waals surface area contributed by atoms with Crippen molar-refractivity contribution in [1.29, 1.82) is 0 Å². The Bertz CT molecular complexity index is 135. The lowest BCUT2D eigenvalue weighted by atomic mass is 10.7. The molecule has 0 aromatic rings. The van der Waals surface area contributed by atoms with Gasteiger partial charge in [-0.05, 0) is 31.4 Å². The summed E-state index contributed by atoms with van der Waals surface area (Å²) in [6, 6.07) is 0. The van der Waals surface area contributed by atoms with Crippen LogP contribution in [0.5, 0.6) is 0 Å². The standard InChI is InChI=1S/C3H7NO2S.CH3NOS/c1-2(5)4-3(6)7;2-1(3)4/h2,5H,1H3,(H2,4,6,7);(H3,2,3,4). The molecule has 0 aromatic heterocycles. The van der Waals surface area contributed by atoms with E-state index in [0.29, 0.717) is 0 Å². The zero-order chi connectivity index (χ0) is 9.44. The first-order valence-corrected chi connectivity index (χ1v) is 3.33. The fourth-order valence-corrected chi connectivity index (χ4v) is 0.349. The third-order valence-corrected chi connectivity index (χ3v) is 0.450. The molecule has 0 aliphatic rings. The summed E-state index contributed by atoms with van der Waals surface area (Å²) in [4.78, 5) is 0. The monoisotopic (exact) mass is 198 g/mol. The summed E-state index contributed by atoms with van der Waals surface area (Å²) in [6.45, 7) is 1.46. The summed E-state index contributed by atoms with van der Waals surface area (Å²) in [6.07, 6.45) is -0.766. The van der Waals surface area contributed by atoms with Gasteiger partial charge in [0, 0.05) is 0 Å². The van der Waals surface area contributed by atoms with E-state index in [-0.39, 0.29) is 5.17 Å². The quantitative estimate of drug-likeness (QED) is 0.287. The molecule has 1 atom stereocenters. The largest absolute Gasteiger partial charge is 0.487 e. The molecule has 0 aliphatic heterocycles. The van der Waals surface area contributed by atoms with E-state index in [1.54, 1.807) is 0 Å². The van der Waals surface area contributed by atoms with Crippen molar-refractivity contribution < 1.29 is 15.3 Å². The third-order valence-electron chi connectivity index (χ3n) is 0.332. The molecule has 0 amide bonds. The molecule has 0 saturated heterocycles. The summed E-state index contributed by atoms with van der Waals surface area (Å²) in [5.74, 6) is 0. The van der Waals surface area contributed by atoms with Gasteiger partial charge >= 0.3 is 0 Å². The maximum absolute atomic E-state index is 8.36. The Labute approximate surface area is 74.8 Å². The van der Waals surface area contributed by atoms with Crippen LogP contribution < -0.4 is 11.1 Å². The number of hydrogen-bond donors (Lipinski definition) is 5. The molecule has 6 N–H and O–H groups in total. The molecule has 11 heavy (non-hydrogen) atoms. The van der Waals surface area contributed by atoms with Crippen molar-refractivity contribution in [2.24, 2.45) is 5.73 Å². The maximum Gasteiger partial charge on any atom is 0.256 e. The number of aliphatic hydroxyl groups excluding tert-OH is 3. The smallest absolute Gasteiger partial charge is 0.256 e. The second-order valence-electron chi connectivity index (χ2n) is 1.46. The van der Waals surface area contributed by atoms with Gasteiger partial charge in [0.05, 0.1) is 0 Å². The Balaban J connectivity index is 0. The first-order chi connectivity index (χ1) is 4.86. The molecular weight excluding hydrogens is 188 g/mol. The summed E-state index contributed by atoms with van der Waals surface area (Å²) in [7, 11) is 0. The van der Waals surface area contributed by atoms with E-state index < -0.39 is 11.4 Å². The average molecular weight is 198 g/mol. The van der Waals surface area contributed by atoms with Crippen LogP contribution in [0.2, 0.25) is 0 Å². The van der Waals surface area contributed by atoms with Gasteiger partial charge in [0.2, 0.25) is 0 Å². The zero-order valence-electron chi connectivity index (χ0n) is 5.81. The molecular formula is C4H10N2O3S2. The van der Waals surface area contributed by atoms with Crippen molar-refractivity contribution >= 4 is 34.8 Å². The molecule has 0 radical (unpaired) electrons. The summed E-state index contributed by atoms with van der Waals surface area (Å²) >= 11 is 8.03. The number of hydrogen-bond acceptors (Lipinski definition) is 3. The van der Waals surface area contributed by atoms with Crippen molar-refractivity contribution in [3.05, 3.63) is 0 Å². The van der Waals surface area contributed by atoms with Crippen LogP contribution in [0.4, 0.5) is 0 Å². The summed E-state index contributed by atoms with van der Waals surface area (Å²) in [5, 5.41) is 25.4. The van der Waals surface area contributed by atoms with Crippen LogP contribution in [0.25, 0.3) is 0 Å². The highest BCUT2D eigenvalue weighted by molar-refractivity contribution is 7.80. The van der Waals surface area contributed by atoms with E-state index in [9.17, 15) is 0 Å². The predicted octanol–water partition coefficient (Wildman–Crippen LogP) is -0.455. The highest BCUT2D eigenvalue weighted by Gasteiger charge is 1.91. The maximum atomic E-state index is 8.36. The molecule has 0 aromatic carbocycles. The van der Waals surface area contributed by atoms with Crippen LogP contribution in [-0.4, -0.2) is 31.9 Å². The van der Waals surface area contributed by atoms with Crippen LogP contribution in [0.3, 0.4) is 0 Å². The second kappa shape index (κ2) is 7.45. The van der Waals surface area contributed by atoms with Crippen LogP contribution in [0.1, 0.15) is 6.92 Å². The number of rotatable bonds is 1. The van der Waals surface area contributed by atoms with Crippen LogP contribution in [0.15, 0.2) is 0 Å². The lowest BCUT2D eigenvalue weighted by Crippen LogP contribution is -2.29. The number of aliphatic hydroxyl groups is 3. The summed E-state index contributed by atoms with van der Waals surface area (Å²) < 4.78 is 0.